The van der Waals surface area contributed by atoms with Crippen molar-refractivity contribution in [2.75, 3.05) is 50.9 Å². The minimum atomic E-state index is -4.47. The maximum Gasteiger partial charge on any atom is 1.00 e. The van der Waals surface area contributed by atoms with Crippen molar-refractivity contribution >= 4 is 44.0 Å². The Morgan fingerprint density at radius 2 is 0.707 bits per heavy atom. The Bertz CT molecular complexity index is 1290. The Balaban J connectivity index is -0.0000151. The molecule has 0 saturated heterocycles. The van der Waals surface area contributed by atoms with E-state index >= 15 is 0 Å². The van der Waals surface area contributed by atoms with Gasteiger partial charge in [-0.3, -0.25) is 9.59 Å². The van der Waals surface area contributed by atoms with Gasteiger partial charge in [0.05, 0.1) is 33.5 Å². The molecule has 58 heavy (non-hydrogen) atoms. The van der Waals surface area contributed by atoms with E-state index in [4.69, 9.17) is 9.47 Å². The molecule has 0 spiro atoms. The molecule has 0 bridgehead atoms. The normalized spacial score (nSPS) is 11.2. The summed E-state index contributed by atoms with van der Waals surface area (Å²) in [5.41, 5.74) is 0.785. The van der Waals surface area contributed by atoms with Gasteiger partial charge in [0, 0.05) is 61.7 Å². The molecule has 0 aromatic carbocycles. The number of amides is 2. The molecule has 0 aromatic rings. The number of nitrogens with zero attached hydrogens (tertiary/aromatic N) is 2. The van der Waals surface area contributed by atoms with Crippen LogP contribution in [0.2, 0.25) is 0 Å². The summed E-state index contributed by atoms with van der Waals surface area (Å²) in [6.07, 6.45) is 17.3. The summed E-state index contributed by atoms with van der Waals surface area (Å²) >= 11 is 0. The maximum absolute atomic E-state index is 13.2. The third-order valence-corrected chi connectivity index (χ3v) is 10.8. The van der Waals surface area contributed by atoms with Crippen molar-refractivity contribution in [2.45, 2.75) is 155 Å². The largest absolute Gasteiger partial charge is 1.00 e. The van der Waals surface area contributed by atoms with Crippen LogP contribution in [0, 0.1) is 0 Å². The molecule has 0 aliphatic heterocycles. The van der Waals surface area contributed by atoms with Gasteiger partial charge in [0.2, 0.25) is 11.8 Å². The zero-order chi connectivity index (χ0) is 42.2. The Hall–Kier alpha value is -0.820. The van der Waals surface area contributed by atoms with E-state index in [1.165, 1.54) is 9.80 Å². The molecule has 0 N–H and O–H groups in total. The number of hydrogen-bond acceptors (Lipinski definition) is 12. The van der Waals surface area contributed by atoms with E-state index in [1.807, 2.05) is 0 Å². The summed E-state index contributed by atoms with van der Waals surface area (Å²) in [6, 6.07) is 0. The number of esters is 2. The van der Waals surface area contributed by atoms with Crippen LogP contribution >= 0.6 is 0 Å². The molecule has 0 aliphatic carbocycles. The Morgan fingerprint density at radius 3 is 0.966 bits per heavy atom. The zero-order valence-electron chi connectivity index (χ0n) is 36.2. The van der Waals surface area contributed by atoms with Crippen LogP contribution in [0.15, 0.2) is 24.3 Å². The molecule has 18 heteroatoms. The average molecular weight is 881 g/mol. The average Bonchev–Trinajstić information content (AvgIpc) is 3.11. The molecule has 0 radical (unpaired) electrons. The van der Waals surface area contributed by atoms with Crippen LogP contribution in [0.3, 0.4) is 0 Å². The van der Waals surface area contributed by atoms with Crippen molar-refractivity contribution in [2.24, 2.45) is 0 Å². The standard InChI is InChI=1S/C40H72N2O12S2.2Na/c1-35(2)39(45)53-31-21-17-13-9-5-7-11-15-19-25-37(43)41(27-23-33-55(47,48)49)29-30-42(28-24-34-56(50,51)52)38(44)26-20-16-12-8-6-10-14-18-22-32-54-40(46)36(3)4;;/h1,3,5-34H2,2,4H3,(H,47,48,49)(H,50,51,52);;/q;2*+1/p-2. The molecule has 2 amide bonds. The van der Waals surface area contributed by atoms with Gasteiger partial charge in [-0.2, -0.15) is 0 Å². The summed E-state index contributed by atoms with van der Waals surface area (Å²) in [5.74, 6) is -2.38. The monoisotopic (exact) mass is 880 g/mol. The molecule has 326 valence electrons. The number of carbonyl (C=O) groups is 4. The molecule has 0 unspecified atom stereocenters. The van der Waals surface area contributed by atoms with Crippen molar-refractivity contribution < 1.29 is 114 Å². The number of ether oxygens (including phenoxy) is 2. The summed E-state index contributed by atoms with van der Waals surface area (Å²) in [7, 11) is -8.94. The Morgan fingerprint density at radius 1 is 0.448 bits per heavy atom. The topological polar surface area (TPSA) is 208 Å². The SMILES string of the molecule is C=C(C)C(=O)OCCCCCCCCCCCC(=O)N(CCCS(=O)(=O)[O-])CCN(CCCS(=O)(=O)[O-])C(=O)CCCCCCCCCCCOC(=O)C(=C)C.[Na+].[Na+]. The molecule has 0 saturated carbocycles. The maximum atomic E-state index is 13.2. The fourth-order valence-electron chi connectivity index (χ4n) is 5.95. The molecule has 0 aromatic heterocycles. The van der Waals surface area contributed by atoms with E-state index in [2.05, 4.69) is 13.2 Å². The van der Waals surface area contributed by atoms with Gasteiger partial charge in [-0.1, -0.05) is 103 Å². The van der Waals surface area contributed by atoms with Gasteiger partial charge in [-0.25, -0.2) is 26.4 Å². The number of unbranched alkanes of at least 4 members (excludes halogenated alkanes) is 16. The van der Waals surface area contributed by atoms with Gasteiger partial charge in [-0.15, -0.1) is 0 Å². The third-order valence-electron chi connectivity index (χ3n) is 9.22. The molecule has 0 fully saturated rings. The van der Waals surface area contributed by atoms with E-state index in [1.54, 1.807) is 13.8 Å². The first-order valence-electron chi connectivity index (χ1n) is 20.5. The Labute approximate surface area is 394 Å². The van der Waals surface area contributed by atoms with Crippen molar-refractivity contribution in [1.82, 2.24) is 9.80 Å². The van der Waals surface area contributed by atoms with Crippen LogP contribution in [0.1, 0.15) is 155 Å². The third kappa shape index (κ3) is 39.3. The number of hydrogen-bond donors (Lipinski definition) is 0. The fourth-order valence-corrected chi connectivity index (χ4v) is 6.92. The molecule has 0 atom stereocenters. The minimum absolute atomic E-state index is 0. The smallest absolute Gasteiger partial charge is 0.748 e. The Kier molecular flexibility index (Phi) is 40.2. The van der Waals surface area contributed by atoms with Gasteiger partial charge in [0.25, 0.3) is 0 Å². The van der Waals surface area contributed by atoms with Crippen LogP contribution in [-0.2, 0) is 48.9 Å². The van der Waals surface area contributed by atoms with E-state index in [0.29, 0.717) is 37.2 Å². The summed E-state index contributed by atoms with van der Waals surface area (Å²) in [5, 5.41) is 0. The van der Waals surface area contributed by atoms with Crippen LogP contribution < -0.4 is 59.1 Å². The van der Waals surface area contributed by atoms with Gasteiger partial charge in [0.1, 0.15) is 0 Å². The first-order chi connectivity index (χ1) is 26.4. The second-order valence-electron chi connectivity index (χ2n) is 14.7. The first-order valence-corrected chi connectivity index (χ1v) is 23.7. The summed E-state index contributed by atoms with van der Waals surface area (Å²) < 4.78 is 77.6. The second-order valence-corrected chi connectivity index (χ2v) is 17.7. The summed E-state index contributed by atoms with van der Waals surface area (Å²) in [4.78, 5) is 52.2. The first kappa shape index (κ1) is 61.5. The van der Waals surface area contributed by atoms with Crippen LogP contribution in [0.25, 0.3) is 0 Å². The number of rotatable bonds is 37. The van der Waals surface area contributed by atoms with Gasteiger partial charge < -0.3 is 28.4 Å². The molecule has 0 rings (SSSR count). The fraction of sp³-hybridized carbons (Fsp3) is 0.800. The zero-order valence-corrected chi connectivity index (χ0v) is 41.9. The van der Waals surface area contributed by atoms with Crippen molar-refractivity contribution in [3.63, 3.8) is 0 Å². The predicted molar refractivity (Wildman–Crippen MR) is 215 cm³/mol. The van der Waals surface area contributed by atoms with Gasteiger partial charge in [-0.05, 0) is 52.4 Å². The molecular weight excluding hydrogens is 811 g/mol. The molecule has 0 aliphatic rings. The van der Waals surface area contributed by atoms with Crippen LogP contribution in [0.4, 0.5) is 0 Å². The van der Waals surface area contributed by atoms with E-state index in [0.717, 1.165) is 103 Å². The molecule has 0 heterocycles. The second kappa shape index (κ2) is 37.9. The van der Waals surface area contributed by atoms with E-state index in [-0.39, 0.29) is 135 Å². The molecule has 14 nitrogen and oxygen atoms in total. The quantitative estimate of drug-likeness (QED) is 0.0276. The van der Waals surface area contributed by atoms with E-state index in [9.17, 15) is 45.1 Å². The van der Waals surface area contributed by atoms with Crippen LogP contribution in [-0.4, -0.2) is 110 Å². The summed E-state index contributed by atoms with van der Waals surface area (Å²) in [6.45, 7) is 11.4. The molecular formula is C40H70N2Na2O12S2. The van der Waals surface area contributed by atoms with Crippen molar-refractivity contribution in [3.05, 3.63) is 24.3 Å². The van der Waals surface area contributed by atoms with Gasteiger partial charge in [0.15, 0.2) is 0 Å². The van der Waals surface area contributed by atoms with Gasteiger partial charge >= 0.3 is 71.1 Å². The number of carbonyl (C=O) groups excluding carboxylic acids is 4. The van der Waals surface area contributed by atoms with Crippen molar-refractivity contribution in [3.8, 4) is 0 Å². The van der Waals surface area contributed by atoms with Crippen molar-refractivity contribution in [1.29, 1.82) is 0 Å². The van der Waals surface area contributed by atoms with Crippen LogP contribution in [0.5, 0.6) is 0 Å². The minimum Gasteiger partial charge on any atom is -0.748 e. The predicted octanol–water partition coefficient (Wildman–Crippen LogP) is 0.563. The van der Waals surface area contributed by atoms with E-state index < -0.39 is 31.7 Å².